The van der Waals surface area contributed by atoms with Gasteiger partial charge in [0.05, 0.1) is 6.26 Å². The molecule has 3 heteroatoms. The summed E-state index contributed by atoms with van der Waals surface area (Å²) in [5, 5.41) is 4.01. The molecule has 1 aliphatic rings. The summed E-state index contributed by atoms with van der Waals surface area (Å²) in [5.41, 5.74) is 5.40. The minimum absolute atomic E-state index is 0.543. The number of benzene rings is 4. The van der Waals surface area contributed by atoms with Crippen molar-refractivity contribution in [2.45, 2.75) is 12.1 Å². The average Bonchev–Trinajstić information content (AvgIpc) is 2.90. The predicted molar refractivity (Wildman–Crippen MR) is 135 cm³/mol. The highest BCUT2D eigenvalue weighted by Gasteiger charge is 2.36. The summed E-state index contributed by atoms with van der Waals surface area (Å²) in [7, 11) is 0. The molecule has 0 unspecified atom stereocenters. The van der Waals surface area contributed by atoms with Gasteiger partial charge in [-0.3, -0.25) is 4.90 Å². The molecule has 4 aromatic rings. The van der Waals surface area contributed by atoms with Crippen LogP contribution in [-0.4, -0.2) is 18.2 Å². The molecule has 0 aliphatic carbocycles. The van der Waals surface area contributed by atoms with E-state index in [0.29, 0.717) is 6.73 Å². The van der Waals surface area contributed by atoms with Crippen LogP contribution in [0, 0.1) is 0 Å². The van der Waals surface area contributed by atoms with E-state index in [0.717, 1.165) is 18.8 Å². The third-order valence-electron chi connectivity index (χ3n) is 6.17. The van der Waals surface area contributed by atoms with Crippen LogP contribution in [0.5, 0.6) is 0 Å². The van der Waals surface area contributed by atoms with Crippen molar-refractivity contribution in [1.29, 1.82) is 0 Å². The Bertz CT molecular complexity index is 1090. The largest absolute Gasteiger partial charge is 0.486 e. The first-order chi connectivity index (χ1) is 16.4. The van der Waals surface area contributed by atoms with E-state index in [1.807, 2.05) is 0 Å². The minimum atomic E-state index is -0.543. The molecule has 3 nitrogen and oxygen atoms in total. The maximum atomic E-state index is 5.53. The fourth-order valence-electron chi connectivity index (χ4n) is 4.58. The van der Waals surface area contributed by atoms with Crippen LogP contribution in [0.1, 0.15) is 22.3 Å². The fraction of sp³-hybridized carbons (Fsp3) is 0.133. The molecule has 1 N–H and O–H groups in total. The number of rotatable bonds is 7. The summed E-state index contributed by atoms with van der Waals surface area (Å²) in [5.74, 6) is 0. The molecule has 0 aromatic heterocycles. The topological polar surface area (TPSA) is 24.5 Å². The minimum Gasteiger partial charge on any atom is -0.486 e. The zero-order valence-corrected chi connectivity index (χ0v) is 18.6. The molecule has 0 saturated heterocycles. The van der Waals surface area contributed by atoms with Gasteiger partial charge in [0.15, 0.2) is 0 Å². The lowest BCUT2D eigenvalue weighted by Crippen LogP contribution is -2.38. The smallest absolute Gasteiger partial charge is 0.141 e. The van der Waals surface area contributed by atoms with Crippen LogP contribution in [-0.2, 0) is 16.8 Å². The van der Waals surface area contributed by atoms with Crippen molar-refractivity contribution in [3.63, 3.8) is 0 Å². The third kappa shape index (κ3) is 4.41. The van der Waals surface area contributed by atoms with Crippen LogP contribution in [0.2, 0.25) is 0 Å². The molecule has 0 bridgehead atoms. The summed E-state index contributed by atoms with van der Waals surface area (Å²) in [6, 6.07) is 40.7. The van der Waals surface area contributed by atoms with E-state index < -0.39 is 5.54 Å². The second-order valence-corrected chi connectivity index (χ2v) is 8.31. The van der Waals surface area contributed by atoms with Crippen LogP contribution in [0.3, 0.4) is 0 Å². The molecular formula is C30H28N2O. The van der Waals surface area contributed by atoms with Crippen LogP contribution in [0.15, 0.2) is 128 Å². The number of anilines is 1. The summed E-state index contributed by atoms with van der Waals surface area (Å²) in [6.45, 7) is 2.30. The summed E-state index contributed by atoms with van der Waals surface area (Å²) < 4.78 is 5.53. The van der Waals surface area contributed by atoms with Crippen molar-refractivity contribution >= 4 is 5.69 Å². The Kier molecular flexibility index (Phi) is 6.23. The number of para-hydroxylation sites is 1. The van der Waals surface area contributed by atoms with Gasteiger partial charge in [-0.25, -0.2) is 0 Å². The highest BCUT2D eigenvalue weighted by Crippen LogP contribution is 2.40. The number of ether oxygens (including phenoxy) is 1. The van der Waals surface area contributed by atoms with E-state index in [1.165, 1.54) is 22.3 Å². The molecule has 0 saturated carbocycles. The first-order valence-corrected chi connectivity index (χ1v) is 11.4. The van der Waals surface area contributed by atoms with Gasteiger partial charge < -0.3 is 10.1 Å². The van der Waals surface area contributed by atoms with Crippen LogP contribution in [0.25, 0.3) is 0 Å². The maximum Gasteiger partial charge on any atom is 0.141 e. The number of hydrogen-bond acceptors (Lipinski definition) is 3. The summed E-state index contributed by atoms with van der Waals surface area (Å²) >= 11 is 0. The zero-order chi connectivity index (χ0) is 22.3. The summed E-state index contributed by atoms with van der Waals surface area (Å²) in [6.07, 6.45) is 3.84. The van der Waals surface area contributed by atoms with Gasteiger partial charge in [0, 0.05) is 18.8 Å². The molecule has 0 spiro atoms. The first kappa shape index (κ1) is 21.0. The van der Waals surface area contributed by atoms with Crippen molar-refractivity contribution in [3.8, 4) is 0 Å². The van der Waals surface area contributed by atoms with E-state index >= 15 is 0 Å². The number of nitrogens with zero attached hydrogens (tertiary/aromatic N) is 1. The van der Waals surface area contributed by atoms with Crippen LogP contribution in [0.4, 0.5) is 5.69 Å². The highest BCUT2D eigenvalue weighted by molar-refractivity contribution is 5.62. The average molecular weight is 433 g/mol. The van der Waals surface area contributed by atoms with Crippen LogP contribution >= 0.6 is 0 Å². The van der Waals surface area contributed by atoms with Gasteiger partial charge in [0.25, 0.3) is 0 Å². The molecule has 0 amide bonds. The number of nitrogens with one attached hydrogen (secondary N) is 1. The second-order valence-electron chi connectivity index (χ2n) is 8.31. The Morgan fingerprint density at radius 3 is 1.70 bits per heavy atom. The van der Waals surface area contributed by atoms with Gasteiger partial charge in [0.1, 0.15) is 12.3 Å². The van der Waals surface area contributed by atoms with Crippen LogP contribution < -0.4 is 5.32 Å². The molecular weight excluding hydrogens is 404 g/mol. The molecule has 0 radical (unpaired) electrons. The summed E-state index contributed by atoms with van der Waals surface area (Å²) in [4.78, 5) is 2.29. The Morgan fingerprint density at radius 2 is 1.18 bits per heavy atom. The lowest BCUT2D eigenvalue weighted by atomic mass is 9.76. The normalized spacial score (nSPS) is 13.9. The van der Waals surface area contributed by atoms with Crippen molar-refractivity contribution in [2.24, 2.45) is 0 Å². The van der Waals surface area contributed by atoms with E-state index in [4.69, 9.17) is 4.74 Å². The van der Waals surface area contributed by atoms with Gasteiger partial charge in [0.2, 0.25) is 0 Å². The third-order valence-corrected chi connectivity index (χ3v) is 6.17. The van der Waals surface area contributed by atoms with Gasteiger partial charge in [-0.1, -0.05) is 109 Å². The lowest BCUT2D eigenvalue weighted by molar-refractivity contribution is 0.0776. The van der Waals surface area contributed by atoms with Gasteiger partial charge >= 0.3 is 0 Å². The SMILES string of the molecule is C1=COCN(Cc2ccccc2NC(c2ccccc2)(c2ccccc2)c2ccccc2)C1. The van der Waals surface area contributed by atoms with Gasteiger partial charge in [-0.05, 0) is 34.4 Å². The molecule has 4 aromatic carbocycles. The Balaban J connectivity index is 1.66. The molecule has 0 fully saturated rings. The maximum absolute atomic E-state index is 5.53. The standard InChI is InChI=1S/C30H28N2O/c1-4-14-26(15-5-1)30(27-16-6-2-7-17-27,28-18-8-3-9-19-28)31-29-20-11-10-13-25(29)23-32-21-12-22-33-24-32/h1-20,22,31H,21,23-24H2. The molecule has 33 heavy (non-hydrogen) atoms. The lowest BCUT2D eigenvalue weighted by Gasteiger charge is -2.38. The quantitative estimate of drug-likeness (QED) is 0.342. The molecule has 1 heterocycles. The highest BCUT2D eigenvalue weighted by atomic mass is 16.5. The van der Waals surface area contributed by atoms with Crippen molar-refractivity contribution in [2.75, 3.05) is 18.6 Å². The van der Waals surface area contributed by atoms with Gasteiger partial charge in [-0.2, -0.15) is 0 Å². The zero-order valence-electron chi connectivity index (χ0n) is 18.6. The molecule has 0 atom stereocenters. The van der Waals surface area contributed by atoms with E-state index in [-0.39, 0.29) is 0 Å². The van der Waals surface area contributed by atoms with Crippen molar-refractivity contribution < 1.29 is 4.74 Å². The van der Waals surface area contributed by atoms with E-state index in [9.17, 15) is 0 Å². The Morgan fingerprint density at radius 1 is 0.667 bits per heavy atom. The van der Waals surface area contributed by atoms with Crippen molar-refractivity contribution in [3.05, 3.63) is 150 Å². The molecule has 164 valence electrons. The Hall–Kier alpha value is -3.82. The van der Waals surface area contributed by atoms with Gasteiger partial charge in [-0.15, -0.1) is 0 Å². The first-order valence-electron chi connectivity index (χ1n) is 11.4. The molecule has 5 rings (SSSR count). The molecule has 1 aliphatic heterocycles. The predicted octanol–water partition coefficient (Wildman–Crippen LogP) is 6.39. The van der Waals surface area contributed by atoms with Crippen molar-refractivity contribution in [1.82, 2.24) is 4.90 Å². The van der Waals surface area contributed by atoms with E-state index in [2.05, 4.69) is 132 Å². The van der Waals surface area contributed by atoms with E-state index in [1.54, 1.807) is 6.26 Å². The Labute approximate surface area is 196 Å². The number of hydrogen-bond donors (Lipinski definition) is 1. The second kappa shape index (κ2) is 9.76. The monoisotopic (exact) mass is 432 g/mol. The fourth-order valence-corrected chi connectivity index (χ4v) is 4.58.